The Kier molecular flexibility index (Phi) is 6.84. The van der Waals surface area contributed by atoms with Crippen molar-refractivity contribution in [3.8, 4) is 5.69 Å². The van der Waals surface area contributed by atoms with Crippen LogP contribution in [0.25, 0.3) is 5.69 Å². The lowest BCUT2D eigenvalue weighted by Gasteiger charge is -2.18. The van der Waals surface area contributed by atoms with Gasteiger partial charge in [-0.25, -0.2) is 4.68 Å². The highest BCUT2D eigenvalue weighted by molar-refractivity contribution is 6.30. The van der Waals surface area contributed by atoms with E-state index in [4.69, 9.17) is 17.3 Å². The predicted molar refractivity (Wildman–Crippen MR) is 100 cm³/mol. The molecule has 2 aromatic rings. The van der Waals surface area contributed by atoms with Crippen LogP contribution < -0.4 is 11.1 Å². The lowest BCUT2D eigenvalue weighted by atomic mass is 10.1. The van der Waals surface area contributed by atoms with Crippen LogP contribution in [-0.4, -0.2) is 27.8 Å². The maximum Gasteiger partial charge on any atom is 0.224 e. The number of amides is 1. The molecule has 5 nitrogen and oxygen atoms in total. The summed E-state index contributed by atoms with van der Waals surface area (Å²) in [5.74, 6) is -0.0506. The molecule has 0 fully saturated rings. The van der Waals surface area contributed by atoms with E-state index in [1.807, 2.05) is 56.6 Å². The Hall–Kier alpha value is -1.56. The number of benzene rings is 1. The van der Waals surface area contributed by atoms with E-state index < -0.39 is 5.54 Å². The predicted octanol–water partition coefficient (Wildman–Crippen LogP) is 2.96. The number of hydrogen-bond acceptors (Lipinski definition) is 3. The van der Waals surface area contributed by atoms with Gasteiger partial charge >= 0.3 is 0 Å². The van der Waals surface area contributed by atoms with E-state index in [1.165, 1.54) is 0 Å². The monoisotopic (exact) mass is 370 g/mol. The molecule has 0 aliphatic rings. The molecule has 1 amide bonds. The van der Waals surface area contributed by atoms with Crippen molar-refractivity contribution in [3.63, 3.8) is 0 Å². The van der Waals surface area contributed by atoms with Crippen molar-refractivity contribution >= 4 is 29.9 Å². The number of nitrogens with zero attached hydrogens (tertiary/aromatic N) is 2. The molecule has 0 atom stereocenters. The summed E-state index contributed by atoms with van der Waals surface area (Å²) < 4.78 is 1.83. The first-order chi connectivity index (χ1) is 10.7. The van der Waals surface area contributed by atoms with Gasteiger partial charge in [0.1, 0.15) is 0 Å². The minimum absolute atomic E-state index is 0. The second-order valence-electron chi connectivity index (χ2n) is 6.48. The molecule has 1 aromatic heterocycles. The number of rotatable bonds is 5. The number of halogens is 2. The van der Waals surface area contributed by atoms with E-state index in [1.54, 1.807) is 0 Å². The van der Waals surface area contributed by atoms with Crippen LogP contribution in [0.4, 0.5) is 0 Å². The molecule has 24 heavy (non-hydrogen) atoms. The number of aryl methyl sites for hydroxylation is 1. The van der Waals surface area contributed by atoms with E-state index in [0.717, 1.165) is 22.6 Å². The van der Waals surface area contributed by atoms with Crippen molar-refractivity contribution in [1.82, 2.24) is 15.1 Å². The first kappa shape index (κ1) is 20.5. The second kappa shape index (κ2) is 8.01. The summed E-state index contributed by atoms with van der Waals surface area (Å²) in [5.41, 5.74) is 9.12. The molecule has 0 bridgehead atoms. The van der Waals surface area contributed by atoms with Crippen molar-refractivity contribution in [2.24, 2.45) is 5.73 Å². The van der Waals surface area contributed by atoms with Gasteiger partial charge in [-0.05, 0) is 52.0 Å². The lowest BCUT2D eigenvalue weighted by molar-refractivity contribution is -0.120. The molecular formula is C17H24Cl2N4O. The summed E-state index contributed by atoms with van der Waals surface area (Å²) in [6.45, 7) is 8.07. The van der Waals surface area contributed by atoms with E-state index in [2.05, 4.69) is 10.4 Å². The van der Waals surface area contributed by atoms with Gasteiger partial charge in [0.05, 0.1) is 17.8 Å². The molecular weight excluding hydrogens is 347 g/mol. The van der Waals surface area contributed by atoms with Gasteiger partial charge in [0, 0.05) is 28.4 Å². The molecule has 0 aliphatic carbocycles. The van der Waals surface area contributed by atoms with Crippen molar-refractivity contribution in [3.05, 3.63) is 46.2 Å². The molecule has 132 valence electrons. The third kappa shape index (κ3) is 5.23. The molecule has 2 rings (SSSR count). The van der Waals surface area contributed by atoms with Gasteiger partial charge in [0.15, 0.2) is 0 Å². The molecule has 7 heteroatoms. The van der Waals surface area contributed by atoms with Crippen LogP contribution in [0.3, 0.4) is 0 Å². The van der Waals surface area contributed by atoms with Gasteiger partial charge in [0.2, 0.25) is 5.91 Å². The van der Waals surface area contributed by atoms with Crippen LogP contribution in [0.1, 0.15) is 30.8 Å². The molecule has 0 radical (unpaired) electrons. The highest BCUT2D eigenvalue weighted by Crippen LogP contribution is 2.20. The zero-order chi connectivity index (χ0) is 17.2. The summed E-state index contributed by atoms with van der Waals surface area (Å²) in [7, 11) is 0. The highest BCUT2D eigenvalue weighted by atomic mass is 35.5. The smallest absolute Gasteiger partial charge is 0.224 e. The van der Waals surface area contributed by atoms with E-state index >= 15 is 0 Å². The minimum atomic E-state index is -0.423. The van der Waals surface area contributed by atoms with E-state index in [9.17, 15) is 4.79 Å². The Labute approximate surface area is 154 Å². The van der Waals surface area contributed by atoms with Gasteiger partial charge in [-0.2, -0.15) is 5.10 Å². The van der Waals surface area contributed by atoms with Crippen molar-refractivity contribution in [1.29, 1.82) is 0 Å². The van der Waals surface area contributed by atoms with Crippen molar-refractivity contribution in [2.75, 3.05) is 6.54 Å². The fourth-order valence-electron chi connectivity index (χ4n) is 2.31. The molecule has 1 heterocycles. The number of hydrogen-bond donors (Lipinski definition) is 2. The van der Waals surface area contributed by atoms with Gasteiger partial charge in [-0.15, -0.1) is 12.4 Å². The summed E-state index contributed by atoms with van der Waals surface area (Å²) >= 11 is 5.92. The Bertz CT molecular complexity index is 703. The SMILES string of the molecule is Cc1nn(-c2ccc(Cl)cc2)c(C)c1CC(=O)NCC(C)(C)N.Cl. The average molecular weight is 371 g/mol. The van der Waals surface area contributed by atoms with Crippen molar-refractivity contribution < 1.29 is 4.79 Å². The Morgan fingerprint density at radius 3 is 2.42 bits per heavy atom. The fourth-order valence-corrected chi connectivity index (χ4v) is 2.44. The third-order valence-corrected chi connectivity index (χ3v) is 3.84. The highest BCUT2D eigenvalue weighted by Gasteiger charge is 2.17. The standard InChI is InChI=1S/C17H23ClN4O.ClH/c1-11-15(9-16(23)20-10-17(3,4)19)12(2)22(21-11)14-7-5-13(18)6-8-14;/h5-8H,9-10,19H2,1-4H3,(H,20,23);1H. The normalized spacial score (nSPS) is 11.1. The average Bonchev–Trinajstić information content (AvgIpc) is 2.73. The quantitative estimate of drug-likeness (QED) is 0.849. The number of aromatic nitrogens is 2. The lowest BCUT2D eigenvalue weighted by Crippen LogP contribution is -2.45. The summed E-state index contributed by atoms with van der Waals surface area (Å²) in [6.07, 6.45) is 0.293. The first-order valence-electron chi connectivity index (χ1n) is 7.54. The number of nitrogens with one attached hydrogen (secondary N) is 1. The van der Waals surface area contributed by atoms with E-state index in [-0.39, 0.29) is 18.3 Å². The van der Waals surface area contributed by atoms with Crippen LogP contribution in [0.5, 0.6) is 0 Å². The third-order valence-electron chi connectivity index (χ3n) is 3.59. The van der Waals surface area contributed by atoms with Crippen LogP contribution in [0.15, 0.2) is 24.3 Å². The number of nitrogens with two attached hydrogens (primary N) is 1. The Morgan fingerprint density at radius 2 is 1.88 bits per heavy atom. The molecule has 0 saturated carbocycles. The summed E-state index contributed by atoms with van der Waals surface area (Å²) in [5, 5.41) is 8.08. The van der Waals surface area contributed by atoms with Crippen LogP contribution in [0.2, 0.25) is 5.02 Å². The molecule has 0 unspecified atom stereocenters. The molecule has 3 N–H and O–H groups in total. The molecule has 0 saturated heterocycles. The van der Waals surface area contributed by atoms with Crippen molar-refractivity contribution in [2.45, 2.75) is 39.7 Å². The van der Waals surface area contributed by atoms with Gasteiger partial charge in [0.25, 0.3) is 0 Å². The molecule has 0 aliphatic heterocycles. The fraction of sp³-hybridized carbons (Fsp3) is 0.412. The summed E-state index contributed by atoms with van der Waals surface area (Å²) in [4.78, 5) is 12.1. The maximum absolute atomic E-state index is 12.1. The maximum atomic E-state index is 12.1. The largest absolute Gasteiger partial charge is 0.354 e. The molecule has 0 spiro atoms. The minimum Gasteiger partial charge on any atom is -0.354 e. The number of carbonyl (C=O) groups is 1. The molecule has 1 aromatic carbocycles. The van der Waals surface area contributed by atoms with Crippen LogP contribution >= 0.6 is 24.0 Å². The zero-order valence-electron chi connectivity index (χ0n) is 14.4. The topological polar surface area (TPSA) is 72.9 Å². The first-order valence-corrected chi connectivity index (χ1v) is 7.92. The van der Waals surface area contributed by atoms with Crippen LogP contribution in [-0.2, 0) is 11.2 Å². The number of carbonyl (C=O) groups excluding carboxylic acids is 1. The Balaban J connectivity index is 0.00000288. The van der Waals surface area contributed by atoms with E-state index in [0.29, 0.717) is 18.0 Å². The van der Waals surface area contributed by atoms with Gasteiger partial charge in [-0.1, -0.05) is 11.6 Å². The summed E-state index contributed by atoms with van der Waals surface area (Å²) in [6, 6.07) is 7.46. The van der Waals surface area contributed by atoms with Crippen LogP contribution in [0, 0.1) is 13.8 Å². The second-order valence-corrected chi connectivity index (χ2v) is 6.92. The van der Waals surface area contributed by atoms with Gasteiger partial charge < -0.3 is 11.1 Å². The Morgan fingerprint density at radius 1 is 1.29 bits per heavy atom. The van der Waals surface area contributed by atoms with Gasteiger partial charge in [-0.3, -0.25) is 4.79 Å². The zero-order valence-corrected chi connectivity index (χ0v) is 16.0.